The molecule has 1 N–H and O–H groups in total. The normalized spacial score (nSPS) is 12.2. The summed E-state index contributed by atoms with van der Waals surface area (Å²) in [5.74, 6) is 0. The molecular formula is C34H27NO2. The van der Waals surface area contributed by atoms with E-state index in [1.807, 2.05) is 30.3 Å². The molecule has 0 aliphatic rings. The average molecular weight is 482 g/mol. The first-order valence-corrected chi connectivity index (χ1v) is 12.7. The molecule has 0 bridgehead atoms. The molecule has 7 aromatic rings. The lowest BCUT2D eigenvalue weighted by Gasteiger charge is -2.18. The van der Waals surface area contributed by atoms with Crippen LogP contribution < -0.4 is 5.32 Å². The van der Waals surface area contributed by atoms with Gasteiger partial charge in [-0.1, -0.05) is 81.4 Å². The highest BCUT2D eigenvalue weighted by Crippen LogP contribution is 2.41. The zero-order chi connectivity index (χ0) is 25.1. The first-order chi connectivity index (χ1) is 18.0. The van der Waals surface area contributed by atoms with Crippen molar-refractivity contribution in [3.05, 3.63) is 109 Å². The number of anilines is 2. The van der Waals surface area contributed by atoms with Gasteiger partial charge >= 0.3 is 0 Å². The predicted octanol–water partition coefficient (Wildman–Crippen LogP) is 10.2. The standard InChI is InChI=1S/C34H27NO2/c1-34(2,3)23-16-17-24-31(20-23)37-29-13-7-11-26(32(24)29)35-27-12-8-14-30-33(27)25-19-22(15-18-28(25)36-30)21-9-5-4-6-10-21/h4-20,35H,1-3H3. The van der Waals surface area contributed by atoms with Crippen molar-refractivity contribution in [2.45, 2.75) is 26.2 Å². The highest BCUT2D eigenvalue weighted by molar-refractivity contribution is 6.16. The van der Waals surface area contributed by atoms with Crippen LogP contribution >= 0.6 is 0 Å². The first-order valence-electron chi connectivity index (χ1n) is 12.7. The van der Waals surface area contributed by atoms with Crippen molar-refractivity contribution in [1.29, 1.82) is 0 Å². The maximum Gasteiger partial charge on any atom is 0.137 e. The van der Waals surface area contributed by atoms with E-state index in [0.717, 1.165) is 55.3 Å². The van der Waals surface area contributed by atoms with Crippen molar-refractivity contribution in [1.82, 2.24) is 0 Å². The number of nitrogens with one attached hydrogen (secondary N) is 1. The maximum absolute atomic E-state index is 6.32. The van der Waals surface area contributed by atoms with Crippen LogP contribution in [-0.2, 0) is 5.41 Å². The molecule has 7 rings (SSSR count). The number of rotatable bonds is 3. The molecule has 0 saturated carbocycles. The zero-order valence-electron chi connectivity index (χ0n) is 21.1. The van der Waals surface area contributed by atoms with Crippen LogP contribution in [0, 0.1) is 0 Å². The van der Waals surface area contributed by atoms with E-state index in [4.69, 9.17) is 8.83 Å². The summed E-state index contributed by atoms with van der Waals surface area (Å²) in [6.07, 6.45) is 0. The van der Waals surface area contributed by atoms with Crippen LogP contribution in [0.5, 0.6) is 0 Å². The van der Waals surface area contributed by atoms with Gasteiger partial charge in [0.2, 0.25) is 0 Å². The molecule has 180 valence electrons. The highest BCUT2D eigenvalue weighted by Gasteiger charge is 2.18. The molecular weight excluding hydrogens is 454 g/mol. The number of furan rings is 2. The smallest absolute Gasteiger partial charge is 0.137 e. The minimum atomic E-state index is 0.0603. The molecule has 37 heavy (non-hydrogen) atoms. The van der Waals surface area contributed by atoms with Crippen molar-refractivity contribution in [3.8, 4) is 11.1 Å². The second-order valence-corrected chi connectivity index (χ2v) is 10.7. The second kappa shape index (κ2) is 8.01. The van der Waals surface area contributed by atoms with Crippen molar-refractivity contribution in [2.75, 3.05) is 5.32 Å². The lowest BCUT2D eigenvalue weighted by atomic mass is 9.86. The fourth-order valence-corrected chi connectivity index (χ4v) is 5.28. The van der Waals surface area contributed by atoms with Crippen molar-refractivity contribution in [3.63, 3.8) is 0 Å². The van der Waals surface area contributed by atoms with E-state index in [-0.39, 0.29) is 5.41 Å². The van der Waals surface area contributed by atoms with E-state index in [0.29, 0.717) is 0 Å². The Balaban J connectivity index is 1.40. The van der Waals surface area contributed by atoms with Gasteiger partial charge in [0.05, 0.1) is 22.1 Å². The third kappa shape index (κ3) is 3.58. The van der Waals surface area contributed by atoms with E-state index in [9.17, 15) is 0 Å². The summed E-state index contributed by atoms with van der Waals surface area (Å²) in [6, 6.07) is 35.8. The molecule has 0 aliphatic heterocycles. The second-order valence-electron chi connectivity index (χ2n) is 10.7. The number of hydrogen-bond acceptors (Lipinski definition) is 3. The monoisotopic (exact) mass is 481 g/mol. The molecule has 0 fully saturated rings. The lowest BCUT2D eigenvalue weighted by Crippen LogP contribution is -2.10. The summed E-state index contributed by atoms with van der Waals surface area (Å²) in [4.78, 5) is 0. The van der Waals surface area contributed by atoms with E-state index in [1.54, 1.807) is 0 Å². The predicted molar refractivity (Wildman–Crippen MR) is 155 cm³/mol. The molecule has 2 aromatic heterocycles. The fraction of sp³-hybridized carbons (Fsp3) is 0.118. The quantitative estimate of drug-likeness (QED) is 0.273. The van der Waals surface area contributed by atoms with Crippen molar-refractivity contribution < 1.29 is 8.83 Å². The summed E-state index contributed by atoms with van der Waals surface area (Å²) in [6.45, 7) is 6.68. The van der Waals surface area contributed by atoms with Crippen LogP contribution in [0.2, 0.25) is 0 Å². The van der Waals surface area contributed by atoms with Gasteiger partial charge < -0.3 is 14.2 Å². The van der Waals surface area contributed by atoms with Gasteiger partial charge in [-0.15, -0.1) is 0 Å². The summed E-state index contributed by atoms with van der Waals surface area (Å²) < 4.78 is 12.6. The summed E-state index contributed by atoms with van der Waals surface area (Å²) in [7, 11) is 0. The SMILES string of the molecule is CC(C)(C)c1ccc2c(c1)oc1cccc(Nc3cccc4oc5ccc(-c6ccccc6)cc5c34)c12. The highest BCUT2D eigenvalue weighted by atomic mass is 16.3. The fourth-order valence-electron chi connectivity index (χ4n) is 5.28. The van der Waals surface area contributed by atoms with Gasteiger partial charge in [-0.05, 0) is 64.6 Å². The van der Waals surface area contributed by atoms with Gasteiger partial charge in [0, 0.05) is 10.8 Å². The average Bonchev–Trinajstić information content (AvgIpc) is 3.47. The first kappa shape index (κ1) is 21.8. The summed E-state index contributed by atoms with van der Waals surface area (Å²) in [5, 5.41) is 8.11. The Bertz CT molecular complexity index is 1930. The minimum absolute atomic E-state index is 0.0603. The van der Waals surface area contributed by atoms with Gasteiger partial charge in [-0.2, -0.15) is 0 Å². The van der Waals surface area contributed by atoms with Gasteiger partial charge in [0.15, 0.2) is 0 Å². The lowest BCUT2D eigenvalue weighted by molar-refractivity contribution is 0.587. The molecule has 3 heteroatoms. The van der Waals surface area contributed by atoms with Crippen molar-refractivity contribution >= 4 is 55.3 Å². The molecule has 0 radical (unpaired) electrons. The Morgan fingerprint density at radius 3 is 1.89 bits per heavy atom. The van der Waals surface area contributed by atoms with Crippen LogP contribution in [-0.4, -0.2) is 0 Å². The molecule has 0 aliphatic carbocycles. The largest absolute Gasteiger partial charge is 0.456 e. The topological polar surface area (TPSA) is 38.3 Å². The molecule has 0 atom stereocenters. The van der Waals surface area contributed by atoms with E-state index in [1.165, 1.54) is 16.7 Å². The number of benzene rings is 5. The molecule has 0 amide bonds. The molecule has 3 nitrogen and oxygen atoms in total. The Morgan fingerprint density at radius 1 is 0.514 bits per heavy atom. The van der Waals surface area contributed by atoms with E-state index in [2.05, 4.69) is 98.9 Å². The van der Waals surface area contributed by atoms with Crippen LogP contribution in [0.25, 0.3) is 55.0 Å². The number of hydrogen-bond donors (Lipinski definition) is 1. The van der Waals surface area contributed by atoms with Crippen molar-refractivity contribution in [2.24, 2.45) is 0 Å². The summed E-state index contributed by atoms with van der Waals surface area (Å²) >= 11 is 0. The van der Waals surface area contributed by atoms with Gasteiger partial charge in [-0.3, -0.25) is 0 Å². The van der Waals surface area contributed by atoms with E-state index < -0.39 is 0 Å². The zero-order valence-corrected chi connectivity index (χ0v) is 21.1. The minimum Gasteiger partial charge on any atom is -0.456 e. The summed E-state index contributed by atoms with van der Waals surface area (Å²) in [5.41, 5.74) is 9.24. The molecule has 2 heterocycles. The molecule has 0 saturated heterocycles. The van der Waals surface area contributed by atoms with Gasteiger partial charge in [-0.25, -0.2) is 0 Å². The molecule has 5 aromatic carbocycles. The van der Waals surface area contributed by atoms with Crippen LogP contribution in [0.4, 0.5) is 11.4 Å². The third-order valence-corrected chi connectivity index (χ3v) is 7.23. The van der Waals surface area contributed by atoms with Crippen LogP contribution in [0.15, 0.2) is 112 Å². The Hall–Kier alpha value is -4.50. The third-order valence-electron chi connectivity index (χ3n) is 7.23. The molecule has 0 unspecified atom stereocenters. The Labute approximate surface area is 215 Å². The van der Waals surface area contributed by atoms with E-state index >= 15 is 0 Å². The van der Waals surface area contributed by atoms with Crippen LogP contribution in [0.3, 0.4) is 0 Å². The van der Waals surface area contributed by atoms with Crippen LogP contribution in [0.1, 0.15) is 26.3 Å². The van der Waals surface area contributed by atoms with Gasteiger partial charge in [0.25, 0.3) is 0 Å². The number of fused-ring (bicyclic) bond motifs is 6. The Morgan fingerprint density at radius 2 is 1.19 bits per heavy atom. The Kier molecular flexibility index (Phi) is 4.71. The maximum atomic E-state index is 6.32. The molecule has 0 spiro atoms. The van der Waals surface area contributed by atoms with Gasteiger partial charge in [0.1, 0.15) is 22.3 Å².